The van der Waals surface area contributed by atoms with Gasteiger partial charge < -0.3 is 10.2 Å². The standard InChI is InChI=1S/C16H23FN2O3S/c1-4-19(11(2)10-23(3,21)22)16(20)18-15-8-6-12-5-7-13(17)9-14(12)15/h5,7,9,11,15H,4,6,8,10H2,1-3H3,(H,18,20). The fourth-order valence-corrected chi connectivity index (χ4v) is 4.19. The van der Waals surface area contributed by atoms with Crippen molar-refractivity contribution in [2.75, 3.05) is 18.6 Å². The van der Waals surface area contributed by atoms with Crippen LogP contribution in [0.1, 0.15) is 37.4 Å². The Bertz CT molecular complexity index is 691. The summed E-state index contributed by atoms with van der Waals surface area (Å²) in [5.74, 6) is -0.396. The lowest BCUT2D eigenvalue weighted by atomic mass is 10.1. The molecule has 1 aromatic carbocycles. The van der Waals surface area contributed by atoms with Crippen LogP contribution in [0.5, 0.6) is 0 Å². The molecule has 0 aromatic heterocycles. The third kappa shape index (κ3) is 4.43. The summed E-state index contributed by atoms with van der Waals surface area (Å²) >= 11 is 0. The maximum Gasteiger partial charge on any atom is 0.318 e. The van der Waals surface area contributed by atoms with Gasteiger partial charge >= 0.3 is 6.03 Å². The van der Waals surface area contributed by atoms with Gasteiger partial charge in [-0.2, -0.15) is 0 Å². The third-order valence-corrected chi connectivity index (χ3v) is 5.25. The molecule has 1 aromatic rings. The molecule has 1 aliphatic carbocycles. The molecule has 128 valence electrons. The maximum absolute atomic E-state index is 13.4. The molecule has 7 heteroatoms. The molecule has 2 rings (SSSR count). The van der Waals surface area contributed by atoms with Crippen molar-refractivity contribution in [2.24, 2.45) is 0 Å². The van der Waals surface area contributed by atoms with E-state index in [-0.39, 0.29) is 23.6 Å². The second-order valence-electron chi connectivity index (χ2n) is 6.11. The summed E-state index contributed by atoms with van der Waals surface area (Å²) in [5, 5.41) is 2.91. The molecule has 0 saturated heterocycles. The van der Waals surface area contributed by atoms with E-state index < -0.39 is 15.9 Å². The van der Waals surface area contributed by atoms with Crippen LogP contribution in [0, 0.1) is 5.82 Å². The summed E-state index contributed by atoms with van der Waals surface area (Å²) in [7, 11) is -3.16. The van der Waals surface area contributed by atoms with Gasteiger partial charge in [0, 0.05) is 18.8 Å². The number of aryl methyl sites for hydroxylation is 1. The first-order chi connectivity index (χ1) is 10.7. The predicted molar refractivity (Wildman–Crippen MR) is 87.5 cm³/mol. The SMILES string of the molecule is CCN(C(=O)NC1CCc2ccc(F)cc21)C(C)CS(C)(=O)=O. The summed E-state index contributed by atoms with van der Waals surface area (Å²) < 4.78 is 36.3. The van der Waals surface area contributed by atoms with Crippen LogP contribution < -0.4 is 5.32 Å². The third-order valence-electron chi connectivity index (χ3n) is 4.16. The molecule has 2 unspecified atom stereocenters. The Morgan fingerprint density at radius 1 is 1.48 bits per heavy atom. The van der Waals surface area contributed by atoms with Crippen LogP contribution in [0.25, 0.3) is 0 Å². The maximum atomic E-state index is 13.4. The van der Waals surface area contributed by atoms with E-state index in [1.165, 1.54) is 17.0 Å². The number of fused-ring (bicyclic) bond motifs is 1. The molecule has 1 aliphatic rings. The zero-order valence-electron chi connectivity index (χ0n) is 13.7. The van der Waals surface area contributed by atoms with E-state index >= 15 is 0 Å². The molecule has 23 heavy (non-hydrogen) atoms. The zero-order valence-corrected chi connectivity index (χ0v) is 14.5. The Morgan fingerprint density at radius 3 is 2.78 bits per heavy atom. The normalized spacial score (nSPS) is 18.3. The summed E-state index contributed by atoms with van der Waals surface area (Å²) in [6.07, 6.45) is 2.68. The predicted octanol–water partition coefficient (Wildman–Crippen LogP) is 2.28. The number of carbonyl (C=O) groups excluding carboxylic acids is 1. The van der Waals surface area contributed by atoms with Crippen LogP contribution in [0.3, 0.4) is 0 Å². The van der Waals surface area contributed by atoms with Gasteiger partial charge in [0.05, 0.1) is 11.8 Å². The van der Waals surface area contributed by atoms with Crippen molar-refractivity contribution >= 4 is 15.9 Å². The summed E-state index contributed by atoms with van der Waals surface area (Å²) in [4.78, 5) is 14.0. The van der Waals surface area contributed by atoms with Crippen molar-refractivity contribution in [1.29, 1.82) is 0 Å². The molecule has 0 radical (unpaired) electrons. The Balaban J connectivity index is 2.08. The first kappa shape index (κ1) is 17.7. The van der Waals surface area contributed by atoms with Crippen LogP contribution in [0.4, 0.5) is 9.18 Å². The Hall–Kier alpha value is -1.63. The number of benzene rings is 1. The largest absolute Gasteiger partial charge is 0.331 e. The highest BCUT2D eigenvalue weighted by molar-refractivity contribution is 7.90. The number of rotatable bonds is 5. The highest BCUT2D eigenvalue weighted by Crippen LogP contribution is 2.31. The second-order valence-corrected chi connectivity index (χ2v) is 8.30. The van der Waals surface area contributed by atoms with Crippen LogP contribution in [0.15, 0.2) is 18.2 Å². The quantitative estimate of drug-likeness (QED) is 0.893. The molecular formula is C16H23FN2O3S. The molecule has 5 nitrogen and oxygen atoms in total. The minimum atomic E-state index is -3.16. The van der Waals surface area contributed by atoms with E-state index in [0.29, 0.717) is 6.54 Å². The van der Waals surface area contributed by atoms with Gasteiger partial charge in [0.2, 0.25) is 0 Å². The number of halogens is 1. The van der Waals surface area contributed by atoms with Crippen LogP contribution >= 0.6 is 0 Å². The summed E-state index contributed by atoms with van der Waals surface area (Å²) in [6, 6.07) is 3.68. The first-order valence-corrected chi connectivity index (χ1v) is 9.80. The van der Waals surface area contributed by atoms with Crippen LogP contribution in [-0.2, 0) is 16.3 Å². The Kier molecular flexibility index (Phi) is 5.29. The van der Waals surface area contributed by atoms with Crippen molar-refractivity contribution in [2.45, 2.75) is 38.8 Å². The van der Waals surface area contributed by atoms with E-state index in [4.69, 9.17) is 0 Å². The minimum Gasteiger partial charge on any atom is -0.331 e. The van der Waals surface area contributed by atoms with Gasteiger partial charge in [0.25, 0.3) is 0 Å². The smallest absolute Gasteiger partial charge is 0.318 e. The Morgan fingerprint density at radius 2 is 2.17 bits per heavy atom. The fraction of sp³-hybridized carbons (Fsp3) is 0.562. The molecule has 2 atom stereocenters. The highest BCUT2D eigenvalue weighted by atomic mass is 32.2. The van der Waals surface area contributed by atoms with E-state index in [0.717, 1.165) is 30.2 Å². The molecular weight excluding hydrogens is 319 g/mol. The highest BCUT2D eigenvalue weighted by Gasteiger charge is 2.28. The van der Waals surface area contributed by atoms with E-state index in [9.17, 15) is 17.6 Å². The molecule has 2 amide bonds. The molecule has 1 N–H and O–H groups in total. The number of sulfone groups is 1. The van der Waals surface area contributed by atoms with Crippen molar-refractivity contribution in [1.82, 2.24) is 10.2 Å². The monoisotopic (exact) mass is 342 g/mol. The van der Waals surface area contributed by atoms with Gasteiger partial charge in [-0.05, 0) is 49.9 Å². The average molecular weight is 342 g/mol. The number of nitrogens with one attached hydrogen (secondary N) is 1. The molecule has 0 saturated carbocycles. The van der Waals surface area contributed by atoms with Crippen molar-refractivity contribution in [3.8, 4) is 0 Å². The Labute approximate surface area is 136 Å². The van der Waals surface area contributed by atoms with Gasteiger partial charge in [-0.3, -0.25) is 0 Å². The van der Waals surface area contributed by atoms with Crippen molar-refractivity contribution in [3.63, 3.8) is 0 Å². The van der Waals surface area contributed by atoms with Crippen molar-refractivity contribution < 1.29 is 17.6 Å². The van der Waals surface area contributed by atoms with E-state index in [1.807, 2.05) is 0 Å². The van der Waals surface area contributed by atoms with E-state index in [2.05, 4.69) is 5.32 Å². The zero-order chi connectivity index (χ0) is 17.2. The number of urea groups is 1. The molecule has 0 heterocycles. The molecule has 0 aliphatic heterocycles. The van der Waals surface area contributed by atoms with Gasteiger partial charge in [-0.15, -0.1) is 0 Å². The lowest BCUT2D eigenvalue weighted by Crippen LogP contribution is -2.48. The number of hydrogen-bond acceptors (Lipinski definition) is 3. The number of amides is 2. The number of nitrogens with zero attached hydrogens (tertiary/aromatic N) is 1. The number of carbonyl (C=O) groups is 1. The van der Waals surface area contributed by atoms with E-state index in [1.54, 1.807) is 19.9 Å². The van der Waals surface area contributed by atoms with Crippen LogP contribution in [0.2, 0.25) is 0 Å². The summed E-state index contributed by atoms with van der Waals surface area (Å²) in [5.41, 5.74) is 1.86. The van der Waals surface area contributed by atoms with Gasteiger partial charge in [-0.25, -0.2) is 17.6 Å². The summed E-state index contributed by atoms with van der Waals surface area (Å²) in [6.45, 7) is 3.93. The van der Waals surface area contributed by atoms with Gasteiger partial charge in [0.1, 0.15) is 15.7 Å². The topological polar surface area (TPSA) is 66.5 Å². The molecule has 0 bridgehead atoms. The minimum absolute atomic E-state index is 0.0792. The first-order valence-electron chi connectivity index (χ1n) is 7.74. The second kappa shape index (κ2) is 6.86. The van der Waals surface area contributed by atoms with Crippen molar-refractivity contribution in [3.05, 3.63) is 35.1 Å². The molecule has 0 fully saturated rings. The fourth-order valence-electron chi connectivity index (χ4n) is 3.14. The molecule has 0 spiro atoms. The number of hydrogen-bond donors (Lipinski definition) is 1. The average Bonchev–Trinajstić information content (AvgIpc) is 2.80. The van der Waals surface area contributed by atoms with Gasteiger partial charge in [-0.1, -0.05) is 6.07 Å². The lowest BCUT2D eigenvalue weighted by molar-refractivity contribution is 0.183. The lowest BCUT2D eigenvalue weighted by Gasteiger charge is -2.29. The van der Waals surface area contributed by atoms with Crippen LogP contribution in [-0.4, -0.2) is 43.9 Å². The van der Waals surface area contributed by atoms with Gasteiger partial charge in [0.15, 0.2) is 0 Å².